The first kappa shape index (κ1) is 9.59. The molecule has 1 aromatic rings. The molecule has 0 aliphatic carbocycles. The second-order valence-electron chi connectivity index (χ2n) is 2.66. The number of thioether (sulfide) groups is 2. The smallest absolute Gasteiger partial charge is 0.0604 e. The van der Waals surface area contributed by atoms with E-state index in [2.05, 4.69) is 47.9 Å². The molecule has 1 aliphatic heterocycles. The van der Waals surface area contributed by atoms with Gasteiger partial charge in [-0.1, -0.05) is 17.9 Å². The maximum absolute atomic E-state index is 3.02. The second kappa shape index (κ2) is 5.05. The van der Waals surface area contributed by atoms with Gasteiger partial charge in [0.15, 0.2) is 0 Å². The van der Waals surface area contributed by atoms with Crippen LogP contribution in [0, 0.1) is 23.7 Å². The molecule has 0 saturated carbocycles. The Labute approximate surface area is 92.9 Å². The summed E-state index contributed by atoms with van der Waals surface area (Å²) in [6.45, 7) is 0. The molecule has 0 radical (unpaired) electrons. The van der Waals surface area contributed by atoms with Crippen molar-refractivity contribution in [2.45, 2.75) is 9.79 Å². The molecule has 0 unspecified atom stereocenters. The van der Waals surface area contributed by atoms with Crippen molar-refractivity contribution in [2.75, 3.05) is 11.5 Å². The van der Waals surface area contributed by atoms with Crippen molar-refractivity contribution in [3.8, 4) is 23.7 Å². The van der Waals surface area contributed by atoms with Crippen molar-refractivity contribution in [3.05, 3.63) is 24.3 Å². The van der Waals surface area contributed by atoms with Gasteiger partial charge < -0.3 is 0 Å². The summed E-state index contributed by atoms with van der Waals surface area (Å²) < 4.78 is 0. The first-order valence-corrected chi connectivity index (χ1v) is 6.24. The fraction of sp³-hybridized carbons (Fsp3) is 0.167. The van der Waals surface area contributed by atoms with E-state index in [4.69, 9.17) is 0 Å². The molecule has 1 heterocycles. The van der Waals surface area contributed by atoms with Crippen LogP contribution < -0.4 is 0 Å². The lowest BCUT2D eigenvalue weighted by atomic mass is 10.4. The minimum atomic E-state index is 0.822. The topological polar surface area (TPSA) is 0 Å². The first-order valence-electron chi connectivity index (χ1n) is 4.26. The third kappa shape index (κ3) is 2.77. The molecule has 0 atom stereocenters. The molecule has 2 rings (SSSR count). The Bertz CT molecular complexity index is 401. The van der Waals surface area contributed by atoms with Gasteiger partial charge in [0.25, 0.3) is 0 Å². The molecule has 0 spiro atoms. The number of fused-ring (bicyclic) bond motifs is 2. The molecular weight excluding hydrogens is 208 g/mol. The van der Waals surface area contributed by atoms with Crippen LogP contribution in [0.3, 0.4) is 0 Å². The lowest BCUT2D eigenvalue weighted by Gasteiger charge is -2.00. The fourth-order valence-electron chi connectivity index (χ4n) is 1.05. The summed E-state index contributed by atoms with van der Waals surface area (Å²) in [7, 11) is 0. The Kier molecular flexibility index (Phi) is 3.46. The van der Waals surface area contributed by atoms with Crippen molar-refractivity contribution in [1.29, 1.82) is 0 Å². The number of benzene rings is 1. The van der Waals surface area contributed by atoms with E-state index in [1.165, 1.54) is 9.79 Å². The van der Waals surface area contributed by atoms with E-state index in [1.807, 2.05) is 0 Å². The molecule has 0 aromatic heterocycles. The predicted octanol–water partition coefficient (Wildman–Crippen LogP) is 2.89. The van der Waals surface area contributed by atoms with E-state index < -0.39 is 0 Å². The molecule has 1 aliphatic rings. The van der Waals surface area contributed by atoms with Crippen molar-refractivity contribution >= 4 is 23.5 Å². The van der Waals surface area contributed by atoms with E-state index in [1.54, 1.807) is 23.5 Å². The van der Waals surface area contributed by atoms with Gasteiger partial charge in [0, 0.05) is 9.79 Å². The zero-order chi connectivity index (χ0) is 9.64. The quantitative estimate of drug-likeness (QED) is 0.612. The van der Waals surface area contributed by atoms with Crippen molar-refractivity contribution < 1.29 is 0 Å². The zero-order valence-corrected chi connectivity index (χ0v) is 9.17. The number of rotatable bonds is 0. The van der Waals surface area contributed by atoms with Gasteiger partial charge in [-0.15, -0.1) is 23.5 Å². The van der Waals surface area contributed by atoms with E-state index in [0.29, 0.717) is 0 Å². The van der Waals surface area contributed by atoms with Gasteiger partial charge in [-0.25, -0.2) is 0 Å². The Hall–Kier alpha value is -0.960. The largest absolute Gasteiger partial charge is 0.113 e. The van der Waals surface area contributed by atoms with E-state index >= 15 is 0 Å². The average Bonchev–Trinajstić information content (AvgIpc) is 2.25. The van der Waals surface area contributed by atoms with Crippen LogP contribution in [0.2, 0.25) is 0 Å². The highest BCUT2D eigenvalue weighted by atomic mass is 32.2. The molecule has 2 heteroatoms. The SMILES string of the molecule is C1#CCSc2cccc(c2)SCC#C1. The van der Waals surface area contributed by atoms with E-state index in [9.17, 15) is 0 Å². The third-order valence-electron chi connectivity index (χ3n) is 1.67. The monoisotopic (exact) mass is 216 g/mol. The van der Waals surface area contributed by atoms with Crippen LogP contribution in [0.1, 0.15) is 0 Å². The Morgan fingerprint density at radius 2 is 1.50 bits per heavy atom. The first-order chi connectivity index (χ1) is 6.95. The summed E-state index contributed by atoms with van der Waals surface area (Å²) >= 11 is 3.53. The lowest BCUT2D eigenvalue weighted by molar-refractivity contribution is 1.33. The molecule has 0 amide bonds. The van der Waals surface area contributed by atoms with Crippen LogP contribution >= 0.6 is 23.5 Å². The Morgan fingerprint density at radius 3 is 2.07 bits per heavy atom. The number of hydrogen-bond acceptors (Lipinski definition) is 2. The van der Waals surface area contributed by atoms with Gasteiger partial charge >= 0.3 is 0 Å². The molecule has 0 fully saturated rings. The van der Waals surface area contributed by atoms with Crippen LogP contribution in [0.25, 0.3) is 0 Å². The predicted molar refractivity (Wildman–Crippen MR) is 63.4 cm³/mol. The highest BCUT2D eigenvalue weighted by molar-refractivity contribution is 8.00. The summed E-state index contributed by atoms with van der Waals surface area (Å²) in [5, 5.41) is 0. The molecule has 2 bridgehead atoms. The highest BCUT2D eigenvalue weighted by Crippen LogP contribution is 2.24. The Balaban J connectivity index is 2.24. The normalized spacial score (nSPS) is 14.0. The van der Waals surface area contributed by atoms with Crippen LogP contribution in [0.15, 0.2) is 34.1 Å². The Morgan fingerprint density at radius 1 is 0.929 bits per heavy atom. The van der Waals surface area contributed by atoms with Gasteiger partial charge in [0.2, 0.25) is 0 Å². The zero-order valence-electron chi connectivity index (χ0n) is 7.54. The van der Waals surface area contributed by atoms with Gasteiger partial charge in [-0.2, -0.15) is 0 Å². The van der Waals surface area contributed by atoms with Crippen LogP contribution in [0.4, 0.5) is 0 Å². The molecule has 1 aromatic carbocycles. The summed E-state index contributed by atoms with van der Waals surface area (Å²) in [5.41, 5.74) is 0. The number of hydrogen-bond donors (Lipinski definition) is 0. The van der Waals surface area contributed by atoms with Crippen molar-refractivity contribution in [3.63, 3.8) is 0 Å². The second-order valence-corrected chi connectivity index (χ2v) is 4.75. The highest BCUT2D eigenvalue weighted by Gasteiger charge is 1.96. The summed E-state index contributed by atoms with van der Waals surface area (Å²) in [4.78, 5) is 2.57. The van der Waals surface area contributed by atoms with Crippen molar-refractivity contribution in [2.24, 2.45) is 0 Å². The molecule has 0 N–H and O–H groups in total. The summed E-state index contributed by atoms with van der Waals surface area (Å²) in [6, 6.07) is 8.53. The standard InChI is InChI=1S/C12H8S2/c1-2-4-9-14-12-7-5-6-11(10-12)13-8-3-1/h5-7,10H,8-9H2. The summed E-state index contributed by atoms with van der Waals surface area (Å²) in [5.74, 6) is 13.4. The van der Waals surface area contributed by atoms with E-state index in [0.717, 1.165) is 11.5 Å². The van der Waals surface area contributed by atoms with Gasteiger partial charge in [0.05, 0.1) is 11.5 Å². The van der Waals surface area contributed by atoms with Crippen LogP contribution in [0.5, 0.6) is 0 Å². The average molecular weight is 216 g/mol. The summed E-state index contributed by atoms with van der Waals surface area (Å²) in [6.07, 6.45) is 0. The molecule has 14 heavy (non-hydrogen) atoms. The van der Waals surface area contributed by atoms with Crippen molar-refractivity contribution in [1.82, 2.24) is 0 Å². The fourth-order valence-corrected chi connectivity index (χ4v) is 2.52. The molecular formula is C12H8S2. The third-order valence-corrected chi connectivity index (χ3v) is 3.42. The maximum atomic E-state index is 3.02. The van der Waals surface area contributed by atoms with Gasteiger partial charge in [0.1, 0.15) is 0 Å². The molecule has 0 saturated heterocycles. The minimum absolute atomic E-state index is 0.822. The minimum Gasteiger partial charge on any atom is -0.113 e. The molecule has 0 nitrogen and oxygen atoms in total. The van der Waals surface area contributed by atoms with Gasteiger partial charge in [-0.3, -0.25) is 0 Å². The van der Waals surface area contributed by atoms with Crippen LogP contribution in [-0.4, -0.2) is 11.5 Å². The van der Waals surface area contributed by atoms with Gasteiger partial charge in [-0.05, 0) is 30.0 Å². The lowest BCUT2D eigenvalue weighted by Crippen LogP contribution is -1.77. The molecule has 68 valence electrons. The van der Waals surface area contributed by atoms with Crippen LogP contribution in [-0.2, 0) is 0 Å². The maximum Gasteiger partial charge on any atom is 0.0604 e. The van der Waals surface area contributed by atoms with E-state index in [-0.39, 0.29) is 0 Å².